The number of rotatable bonds is 3. The molecule has 17 heavy (non-hydrogen) atoms. The monoisotopic (exact) mass is 243 g/mol. The van der Waals surface area contributed by atoms with E-state index < -0.39 is 8.24 Å². The molecule has 2 N–H and O–H groups in total. The van der Waals surface area contributed by atoms with E-state index in [1.54, 1.807) is 6.07 Å². The molecule has 88 valence electrons. The number of para-hydroxylation sites is 2. The SMILES string of the molecule is C[Si](C)(Nc1ccccc1)c1ccccc1O. The lowest BCUT2D eigenvalue weighted by molar-refractivity contribution is 0.479. The lowest BCUT2D eigenvalue weighted by Gasteiger charge is -2.26. The lowest BCUT2D eigenvalue weighted by Crippen LogP contribution is -2.49. The Morgan fingerprint density at radius 1 is 0.882 bits per heavy atom. The Hall–Kier alpha value is -1.74. The average Bonchev–Trinajstić information content (AvgIpc) is 2.30. The van der Waals surface area contributed by atoms with Crippen molar-refractivity contribution < 1.29 is 5.11 Å². The number of anilines is 1. The molecule has 0 aromatic heterocycles. The highest BCUT2D eigenvalue weighted by Crippen LogP contribution is 2.16. The molecule has 2 nitrogen and oxygen atoms in total. The van der Waals surface area contributed by atoms with Gasteiger partial charge in [0, 0.05) is 10.9 Å². The van der Waals surface area contributed by atoms with Gasteiger partial charge in [0.2, 0.25) is 0 Å². The van der Waals surface area contributed by atoms with E-state index in [0.717, 1.165) is 10.9 Å². The summed E-state index contributed by atoms with van der Waals surface area (Å²) in [6, 6.07) is 17.7. The van der Waals surface area contributed by atoms with Crippen LogP contribution in [0, 0.1) is 0 Å². The van der Waals surface area contributed by atoms with Crippen LogP contribution in [0.5, 0.6) is 5.75 Å². The van der Waals surface area contributed by atoms with Crippen LogP contribution in [-0.4, -0.2) is 13.3 Å². The van der Waals surface area contributed by atoms with Gasteiger partial charge in [-0.05, 0) is 31.3 Å². The van der Waals surface area contributed by atoms with Crippen molar-refractivity contribution in [1.82, 2.24) is 0 Å². The highest BCUT2D eigenvalue weighted by atomic mass is 28.3. The molecular formula is C14H17NOSi. The van der Waals surface area contributed by atoms with Crippen LogP contribution in [0.15, 0.2) is 54.6 Å². The van der Waals surface area contributed by atoms with Gasteiger partial charge >= 0.3 is 0 Å². The minimum absolute atomic E-state index is 0.382. The van der Waals surface area contributed by atoms with E-state index in [-0.39, 0.29) is 0 Å². The molecule has 0 aliphatic rings. The van der Waals surface area contributed by atoms with Gasteiger partial charge in [0.1, 0.15) is 5.75 Å². The second-order valence-electron chi connectivity index (χ2n) is 4.63. The summed E-state index contributed by atoms with van der Waals surface area (Å²) in [5.41, 5.74) is 1.10. The van der Waals surface area contributed by atoms with Crippen LogP contribution in [0.1, 0.15) is 0 Å². The topological polar surface area (TPSA) is 32.3 Å². The third-order valence-corrected chi connectivity index (χ3v) is 5.49. The number of aromatic hydroxyl groups is 1. The normalized spacial score (nSPS) is 11.2. The van der Waals surface area contributed by atoms with E-state index in [4.69, 9.17) is 0 Å². The Balaban J connectivity index is 2.28. The van der Waals surface area contributed by atoms with E-state index in [2.05, 4.69) is 30.2 Å². The van der Waals surface area contributed by atoms with E-state index in [9.17, 15) is 5.11 Å². The second-order valence-corrected chi connectivity index (χ2v) is 8.67. The molecule has 0 atom stereocenters. The van der Waals surface area contributed by atoms with Crippen LogP contribution in [0.25, 0.3) is 0 Å². The standard InChI is InChI=1S/C14H17NOSi/c1-17(2,14-11-7-6-10-13(14)16)15-12-8-4-3-5-9-12/h3-11,15-16H,1-2H3. The van der Waals surface area contributed by atoms with Gasteiger partial charge in [-0.3, -0.25) is 0 Å². The Labute approximate surface area is 103 Å². The summed E-state index contributed by atoms with van der Waals surface area (Å²) < 4.78 is 0. The minimum atomic E-state index is -1.86. The smallest absolute Gasteiger partial charge is 0.183 e. The maximum atomic E-state index is 9.92. The van der Waals surface area contributed by atoms with Crippen molar-refractivity contribution in [3.05, 3.63) is 54.6 Å². The Bertz CT molecular complexity index is 497. The maximum absolute atomic E-state index is 9.92. The fourth-order valence-electron chi connectivity index (χ4n) is 1.95. The van der Waals surface area contributed by atoms with Gasteiger partial charge in [-0.25, -0.2) is 0 Å². The molecule has 0 fully saturated rings. The summed E-state index contributed by atoms with van der Waals surface area (Å²) in [5.74, 6) is 0.382. The summed E-state index contributed by atoms with van der Waals surface area (Å²) in [6.45, 7) is 4.38. The summed E-state index contributed by atoms with van der Waals surface area (Å²) in [7, 11) is -1.86. The molecular weight excluding hydrogens is 226 g/mol. The average molecular weight is 243 g/mol. The maximum Gasteiger partial charge on any atom is 0.183 e. The highest BCUT2D eigenvalue weighted by molar-refractivity contribution is 6.92. The van der Waals surface area contributed by atoms with Crippen molar-refractivity contribution in [1.29, 1.82) is 0 Å². The third-order valence-electron chi connectivity index (χ3n) is 2.81. The third kappa shape index (κ3) is 2.68. The number of benzene rings is 2. The first-order chi connectivity index (χ1) is 8.09. The molecule has 0 spiro atoms. The van der Waals surface area contributed by atoms with Gasteiger partial charge in [0.25, 0.3) is 0 Å². The van der Waals surface area contributed by atoms with Gasteiger partial charge in [-0.15, -0.1) is 0 Å². The van der Waals surface area contributed by atoms with E-state index in [0.29, 0.717) is 5.75 Å². The number of nitrogens with one attached hydrogen (secondary N) is 1. The Morgan fingerprint density at radius 2 is 1.47 bits per heavy atom. The van der Waals surface area contributed by atoms with Gasteiger partial charge in [-0.2, -0.15) is 0 Å². The van der Waals surface area contributed by atoms with E-state index in [1.165, 1.54) is 0 Å². The Kier molecular flexibility index (Phi) is 3.20. The van der Waals surface area contributed by atoms with Crippen molar-refractivity contribution in [2.45, 2.75) is 13.1 Å². The molecule has 0 saturated heterocycles. The minimum Gasteiger partial charge on any atom is -0.508 e. The van der Waals surface area contributed by atoms with E-state index >= 15 is 0 Å². The van der Waals surface area contributed by atoms with Crippen molar-refractivity contribution in [2.75, 3.05) is 4.98 Å². The number of hydrogen-bond donors (Lipinski definition) is 2. The van der Waals surface area contributed by atoms with Crippen LogP contribution in [0.4, 0.5) is 5.69 Å². The zero-order valence-corrected chi connectivity index (χ0v) is 11.1. The molecule has 0 unspecified atom stereocenters. The molecule has 2 rings (SSSR count). The van der Waals surface area contributed by atoms with Crippen LogP contribution < -0.4 is 10.2 Å². The number of phenols is 1. The summed E-state index contributed by atoms with van der Waals surface area (Å²) in [4.78, 5) is 3.55. The van der Waals surface area contributed by atoms with Crippen LogP contribution in [-0.2, 0) is 0 Å². The first-order valence-electron chi connectivity index (χ1n) is 5.71. The highest BCUT2D eigenvalue weighted by Gasteiger charge is 2.26. The van der Waals surface area contributed by atoms with E-state index in [1.807, 2.05) is 36.4 Å². The second kappa shape index (κ2) is 4.63. The zero-order valence-electron chi connectivity index (χ0n) is 10.1. The van der Waals surface area contributed by atoms with Gasteiger partial charge in [-0.1, -0.05) is 36.4 Å². The zero-order chi connectivity index (χ0) is 12.3. The van der Waals surface area contributed by atoms with Crippen molar-refractivity contribution >= 4 is 19.1 Å². The molecule has 0 aliphatic carbocycles. The van der Waals surface area contributed by atoms with Crippen LogP contribution in [0.2, 0.25) is 13.1 Å². The molecule has 0 radical (unpaired) electrons. The summed E-state index contributed by atoms with van der Waals surface area (Å²) in [6.07, 6.45) is 0. The summed E-state index contributed by atoms with van der Waals surface area (Å²) in [5, 5.41) is 11.0. The van der Waals surface area contributed by atoms with Gasteiger partial charge in [0.15, 0.2) is 8.24 Å². The largest absolute Gasteiger partial charge is 0.508 e. The molecule has 0 saturated carbocycles. The van der Waals surface area contributed by atoms with Crippen molar-refractivity contribution in [3.8, 4) is 5.75 Å². The fourth-order valence-corrected chi connectivity index (χ4v) is 4.21. The first-order valence-corrected chi connectivity index (χ1v) is 8.71. The lowest BCUT2D eigenvalue weighted by atomic mass is 10.3. The van der Waals surface area contributed by atoms with Crippen molar-refractivity contribution in [3.63, 3.8) is 0 Å². The molecule has 3 heteroatoms. The number of phenolic OH excluding ortho intramolecular Hbond substituents is 1. The predicted octanol–water partition coefficient (Wildman–Crippen LogP) is 2.92. The molecule has 0 bridgehead atoms. The Morgan fingerprint density at radius 3 is 2.12 bits per heavy atom. The molecule has 0 heterocycles. The van der Waals surface area contributed by atoms with Gasteiger partial charge < -0.3 is 10.1 Å². The first kappa shape index (κ1) is 11.7. The molecule has 0 amide bonds. The number of hydrogen-bond acceptors (Lipinski definition) is 2. The quantitative estimate of drug-likeness (QED) is 0.812. The predicted molar refractivity (Wildman–Crippen MR) is 75.3 cm³/mol. The fraction of sp³-hybridized carbons (Fsp3) is 0.143. The molecule has 0 aliphatic heterocycles. The van der Waals surface area contributed by atoms with Crippen molar-refractivity contribution in [2.24, 2.45) is 0 Å². The molecule has 2 aromatic carbocycles. The van der Waals surface area contributed by atoms with Crippen LogP contribution in [0.3, 0.4) is 0 Å². The summed E-state index contributed by atoms with van der Waals surface area (Å²) >= 11 is 0. The van der Waals surface area contributed by atoms with Crippen LogP contribution >= 0.6 is 0 Å². The molecule has 2 aromatic rings. The van der Waals surface area contributed by atoms with Gasteiger partial charge in [0.05, 0.1) is 0 Å².